The highest BCUT2D eigenvalue weighted by Crippen LogP contribution is 2.28. The molecule has 0 spiro atoms. The van der Waals surface area contributed by atoms with Crippen LogP contribution in [0.15, 0.2) is 36.7 Å². The summed E-state index contributed by atoms with van der Waals surface area (Å²) in [5, 5.41) is 0. The third kappa shape index (κ3) is 3.51. The van der Waals surface area contributed by atoms with Gasteiger partial charge in [0.2, 0.25) is 0 Å². The normalized spacial score (nSPS) is 9.95. The van der Waals surface area contributed by atoms with E-state index in [2.05, 4.69) is 9.97 Å². The zero-order chi connectivity index (χ0) is 13.5. The molecule has 1 aromatic heterocycles. The lowest BCUT2D eigenvalue weighted by molar-refractivity contribution is 0.112. The van der Waals surface area contributed by atoms with E-state index < -0.39 is 0 Å². The number of nitrogens with zero attached hydrogens (tertiary/aromatic N) is 2. The molecule has 0 saturated carbocycles. The summed E-state index contributed by atoms with van der Waals surface area (Å²) in [5.41, 5.74) is 0.548. The molecule has 2 aromatic rings. The highest BCUT2D eigenvalue weighted by molar-refractivity contribution is 5.76. The molecule has 19 heavy (non-hydrogen) atoms. The minimum absolute atomic E-state index is 0.251. The minimum Gasteiger partial charge on any atom is -0.490 e. The maximum absolute atomic E-state index is 10.7. The zero-order valence-corrected chi connectivity index (χ0v) is 10.6. The van der Waals surface area contributed by atoms with E-state index in [-0.39, 0.29) is 6.61 Å². The maximum Gasteiger partial charge on any atom is 0.166 e. The highest BCUT2D eigenvalue weighted by Gasteiger charge is 2.07. The van der Waals surface area contributed by atoms with Crippen molar-refractivity contribution in [2.75, 3.05) is 6.61 Å². The molecule has 0 aliphatic carbocycles. The molecule has 0 fully saturated rings. The molecule has 0 atom stereocenters. The van der Waals surface area contributed by atoms with Gasteiger partial charge in [-0.1, -0.05) is 0 Å². The van der Waals surface area contributed by atoms with Crippen molar-refractivity contribution in [2.45, 2.75) is 13.5 Å². The van der Waals surface area contributed by atoms with Crippen LogP contribution < -0.4 is 9.47 Å². The molecule has 98 valence electrons. The third-order valence-electron chi connectivity index (χ3n) is 2.38. The van der Waals surface area contributed by atoms with Gasteiger partial charge in [-0.05, 0) is 31.2 Å². The minimum atomic E-state index is 0.251. The van der Waals surface area contributed by atoms with Crippen LogP contribution in [0.25, 0.3) is 0 Å². The summed E-state index contributed by atoms with van der Waals surface area (Å²) in [6.07, 6.45) is 4.09. The molecule has 0 aliphatic rings. The van der Waals surface area contributed by atoms with Crippen LogP contribution in [0.1, 0.15) is 23.1 Å². The number of benzene rings is 1. The van der Waals surface area contributed by atoms with Crippen LogP contribution in [0.5, 0.6) is 11.5 Å². The molecule has 2 rings (SSSR count). The second-order valence-corrected chi connectivity index (χ2v) is 3.71. The SMILES string of the molecule is CCOc1cc(C=O)ccc1OCc1ncccn1. The van der Waals surface area contributed by atoms with Gasteiger partial charge in [0.25, 0.3) is 0 Å². The summed E-state index contributed by atoms with van der Waals surface area (Å²) in [5.74, 6) is 1.70. The summed E-state index contributed by atoms with van der Waals surface area (Å²) >= 11 is 0. The van der Waals surface area contributed by atoms with Crippen LogP contribution in [-0.4, -0.2) is 22.9 Å². The maximum atomic E-state index is 10.7. The van der Waals surface area contributed by atoms with Gasteiger partial charge in [0.15, 0.2) is 17.3 Å². The van der Waals surface area contributed by atoms with Crippen molar-refractivity contribution in [3.05, 3.63) is 48.0 Å². The number of carbonyl (C=O) groups excluding carboxylic acids is 1. The van der Waals surface area contributed by atoms with E-state index >= 15 is 0 Å². The first-order chi connectivity index (χ1) is 9.33. The molecule has 0 aliphatic heterocycles. The molecule has 0 bridgehead atoms. The van der Waals surface area contributed by atoms with Gasteiger partial charge in [0.05, 0.1) is 6.61 Å². The zero-order valence-electron chi connectivity index (χ0n) is 10.6. The van der Waals surface area contributed by atoms with Gasteiger partial charge >= 0.3 is 0 Å². The average Bonchev–Trinajstić information content (AvgIpc) is 2.47. The van der Waals surface area contributed by atoms with Crippen molar-refractivity contribution in [2.24, 2.45) is 0 Å². The summed E-state index contributed by atoms with van der Waals surface area (Å²) < 4.78 is 11.1. The predicted octanol–water partition coefficient (Wildman–Crippen LogP) is 2.27. The second-order valence-electron chi connectivity index (χ2n) is 3.71. The molecule has 1 aromatic carbocycles. The Balaban J connectivity index is 2.12. The molecule has 5 heteroatoms. The molecule has 0 N–H and O–H groups in total. The van der Waals surface area contributed by atoms with Crippen molar-refractivity contribution >= 4 is 6.29 Å². The van der Waals surface area contributed by atoms with E-state index in [9.17, 15) is 4.79 Å². The standard InChI is InChI=1S/C14H14N2O3/c1-2-18-13-8-11(9-17)4-5-12(13)19-10-14-15-6-3-7-16-14/h3-9H,2,10H2,1H3. The van der Waals surface area contributed by atoms with Gasteiger partial charge in [-0.25, -0.2) is 9.97 Å². The highest BCUT2D eigenvalue weighted by atomic mass is 16.5. The van der Waals surface area contributed by atoms with Crippen molar-refractivity contribution in [1.29, 1.82) is 0 Å². The lowest BCUT2D eigenvalue weighted by atomic mass is 10.2. The van der Waals surface area contributed by atoms with Crippen LogP contribution in [-0.2, 0) is 6.61 Å². The Kier molecular flexibility index (Phi) is 4.44. The van der Waals surface area contributed by atoms with Crippen LogP contribution in [0.2, 0.25) is 0 Å². The first kappa shape index (κ1) is 13.0. The van der Waals surface area contributed by atoms with Crippen LogP contribution >= 0.6 is 0 Å². The average molecular weight is 258 g/mol. The Hall–Kier alpha value is -2.43. The molecule has 0 amide bonds. The summed E-state index contributed by atoms with van der Waals surface area (Å²) in [6.45, 7) is 2.62. The number of aldehydes is 1. The predicted molar refractivity (Wildman–Crippen MR) is 69.4 cm³/mol. The van der Waals surface area contributed by atoms with Gasteiger partial charge in [-0.15, -0.1) is 0 Å². The third-order valence-corrected chi connectivity index (χ3v) is 2.38. The molecular weight excluding hydrogens is 244 g/mol. The van der Waals surface area contributed by atoms with E-state index in [1.54, 1.807) is 36.7 Å². The van der Waals surface area contributed by atoms with Gasteiger partial charge < -0.3 is 9.47 Å². The number of hydrogen-bond donors (Lipinski definition) is 0. The first-order valence-electron chi connectivity index (χ1n) is 5.94. The largest absolute Gasteiger partial charge is 0.490 e. The fourth-order valence-corrected chi connectivity index (χ4v) is 1.53. The number of aromatic nitrogens is 2. The van der Waals surface area contributed by atoms with E-state index in [1.807, 2.05) is 6.92 Å². The topological polar surface area (TPSA) is 61.3 Å². The molecule has 0 saturated heterocycles. The van der Waals surface area contributed by atoms with Crippen LogP contribution in [0, 0.1) is 0 Å². The lowest BCUT2D eigenvalue weighted by Gasteiger charge is -2.11. The quantitative estimate of drug-likeness (QED) is 0.744. The fraction of sp³-hybridized carbons (Fsp3) is 0.214. The smallest absolute Gasteiger partial charge is 0.166 e. The van der Waals surface area contributed by atoms with Crippen LogP contribution in [0.3, 0.4) is 0 Å². The molecule has 0 unspecified atom stereocenters. The van der Waals surface area contributed by atoms with E-state index in [0.717, 1.165) is 6.29 Å². The van der Waals surface area contributed by atoms with Gasteiger partial charge in [-0.3, -0.25) is 4.79 Å². The lowest BCUT2D eigenvalue weighted by Crippen LogP contribution is -2.03. The Morgan fingerprint density at radius 2 is 1.95 bits per heavy atom. The Morgan fingerprint density at radius 1 is 1.16 bits per heavy atom. The number of ether oxygens (including phenoxy) is 2. The van der Waals surface area contributed by atoms with Gasteiger partial charge in [0.1, 0.15) is 12.9 Å². The summed E-state index contributed by atoms with van der Waals surface area (Å²) in [6, 6.07) is 6.78. The molecule has 0 radical (unpaired) electrons. The number of hydrogen-bond acceptors (Lipinski definition) is 5. The van der Waals surface area contributed by atoms with Crippen molar-refractivity contribution < 1.29 is 14.3 Å². The van der Waals surface area contributed by atoms with E-state index in [0.29, 0.717) is 29.5 Å². The van der Waals surface area contributed by atoms with Crippen molar-refractivity contribution in [1.82, 2.24) is 9.97 Å². The second kappa shape index (κ2) is 6.49. The Morgan fingerprint density at radius 3 is 2.63 bits per heavy atom. The Labute approximate surface area is 111 Å². The summed E-state index contributed by atoms with van der Waals surface area (Å²) in [4.78, 5) is 18.9. The van der Waals surface area contributed by atoms with Gasteiger partial charge in [0, 0.05) is 18.0 Å². The number of rotatable bonds is 6. The van der Waals surface area contributed by atoms with Crippen LogP contribution in [0.4, 0.5) is 0 Å². The molecule has 5 nitrogen and oxygen atoms in total. The van der Waals surface area contributed by atoms with Gasteiger partial charge in [-0.2, -0.15) is 0 Å². The molecule has 1 heterocycles. The monoisotopic (exact) mass is 258 g/mol. The Bertz CT molecular complexity index is 544. The first-order valence-corrected chi connectivity index (χ1v) is 5.94. The van der Waals surface area contributed by atoms with E-state index in [1.165, 1.54) is 0 Å². The summed E-state index contributed by atoms with van der Waals surface area (Å²) in [7, 11) is 0. The molecular formula is C14H14N2O3. The van der Waals surface area contributed by atoms with Crippen molar-refractivity contribution in [3.8, 4) is 11.5 Å². The van der Waals surface area contributed by atoms with E-state index in [4.69, 9.17) is 9.47 Å². The van der Waals surface area contributed by atoms with Crippen molar-refractivity contribution in [3.63, 3.8) is 0 Å². The fourth-order valence-electron chi connectivity index (χ4n) is 1.53. The number of carbonyl (C=O) groups is 1.